The van der Waals surface area contributed by atoms with E-state index in [4.69, 9.17) is 9.47 Å². The van der Waals surface area contributed by atoms with Gasteiger partial charge in [0.1, 0.15) is 47.9 Å². The van der Waals surface area contributed by atoms with Crippen molar-refractivity contribution in [1.29, 1.82) is 0 Å². The SMILES string of the molecule is C[C@H](O)[C@H](NC(=O)[C@H](NC(=O)[C@@H](NC(=O)OC(C)(C)C)c1ccc(O)cc1)c1ccc(O)cc1)C(=O)N[C@@H](Cc1ccccc1)C(=O)OCc1ccccc1. The molecule has 0 aliphatic heterocycles. The van der Waals surface area contributed by atoms with Crippen molar-refractivity contribution in [2.75, 3.05) is 0 Å². The second kappa shape index (κ2) is 19.1. The molecule has 0 saturated heterocycles. The lowest BCUT2D eigenvalue weighted by Crippen LogP contribution is -2.58. The Bertz CT molecular complexity index is 1900. The van der Waals surface area contributed by atoms with E-state index < -0.39 is 65.7 Å². The first-order chi connectivity index (χ1) is 26.1. The van der Waals surface area contributed by atoms with E-state index in [0.29, 0.717) is 5.56 Å². The quantitative estimate of drug-likeness (QED) is 0.0871. The molecule has 0 unspecified atom stereocenters. The predicted molar refractivity (Wildman–Crippen MR) is 201 cm³/mol. The number of esters is 1. The Morgan fingerprint density at radius 1 is 0.618 bits per heavy atom. The van der Waals surface area contributed by atoms with Gasteiger partial charge in [-0.25, -0.2) is 9.59 Å². The smallest absolute Gasteiger partial charge is 0.408 e. The fourth-order valence-corrected chi connectivity index (χ4v) is 5.36. The first-order valence-corrected chi connectivity index (χ1v) is 17.5. The summed E-state index contributed by atoms with van der Waals surface area (Å²) in [5.41, 5.74) is 0.924. The van der Waals surface area contributed by atoms with E-state index in [-0.39, 0.29) is 35.7 Å². The van der Waals surface area contributed by atoms with Crippen LogP contribution >= 0.6 is 0 Å². The number of alkyl carbamates (subject to hydrolysis) is 1. The van der Waals surface area contributed by atoms with Crippen LogP contribution in [0.15, 0.2) is 109 Å². The van der Waals surface area contributed by atoms with Gasteiger partial charge >= 0.3 is 12.1 Å². The molecule has 5 atom stereocenters. The molecule has 4 aromatic carbocycles. The zero-order valence-electron chi connectivity index (χ0n) is 30.9. The summed E-state index contributed by atoms with van der Waals surface area (Å²) in [7, 11) is 0. The Kier molecular flexibility index (Phi) is 14.3. The fourth-order valence-electron chi connectivity index (χ4n) is 5.36. The van der Waals surface area contributed by atoms with E-state index >= 15 is 0 Å². The van der Waals surface area contributed by atoms with Crippen LogP contribution < -0.4 is 21.3 Å². The van der Waals surface area contributed by atoms with Gasteiger partial charge in [0.25, 0.3) is 0 Å². The maximum atomic E-state index is 14.1. The summed E-state index contributed by atoms with van der Waals surface area (Å²) >= 11 is 0. The largest absolute Gasteiger partial charge is 0.508 e. The van der Waals surface area contributed by atoms with Crippen LogP contribution in [0.3, 0.4) is 0 Å². The van der Waals surface area contributed by atoms with E-state index in [1.807, 2.05) is 6.07 Å². The number of aromatic hydroxyl groups is 2. The lowest BCUT2D eigenvalue weighted by Gasteiger charge is -2.28. The van der Waals surface area contributed by atoms with Crippen molar-refractivity contribution >= 4 is 29.8 Å². The molecule has 290 valence electrons. The molecule has 0 fully saturated rings. The van der Waals surface area contributed by atoms with Crippen molar-refractivity contribution < 1.29 is 48.8 Å². The average molecular weight is 755 g/mol. The van der Waals surface area contributed by atoms with Gasteiger partial charge in [0.05, 0.1) is 6.10 Å². The number of phenolic OH excluding ortho intramolecular Hbond substituents is 2. The first kappa shape index (κ1) is 41.3. The van der Waals surface area contributed by atoms with Gasteiger partial charge in [-0.2, -0.15) is 0 Å². The van der Waals surface area contributed by atoms with Crippen molar-refractivity contribution in [3.8, 4) is 11.5 Å². The van der Waals surface area contributed by atoms with Crippen LogP contribution in [0.2, 0.25) is 0 Å². The number of benzene rings is 4. The zero-order chi connectivity index (χ0) is 40.1. The summed E-state index contributed by atoms with van der Waals surface area (Å²) in [5, 5.41) is 40.7. The molecular weight excluding hydrogens is 708 g/mol. The van der Waals surface area contributed by atoms with Crippen molar-refractivity contribution in [1.82, 2.24) is 21.3 Å². The highest BCUT2D eigenvalue weighted by atomic mass is 16.6. The molecule has 4 rings (SSSR count). The highest BCUT2D eigenvalue weighted by Gasteiger charge is 2.35. The molecule has 0 heterocycles. The van der Waals surface area contributed by atoms with Crippen LogP contribution in [-0.4, -0.2) is 68.9 Å². The zero-order valence-corrected chi connectivity index (χ0v) is 30.9. The van der Waals surface area contributed by atoms with Crippen LogP contribution in [0.5, 0.6) is 11.5 Å². The maximum absolute atomic E-state index is 14.1. The monoisotopic (exact) mass is 754 g/mol. The third-order valence-electron chi connectivity index (χ3n) is 8.10. The molecule has 7 N–H and O–H groups in total. The minimum absolute atomic E-state index is 0.0379. The Morgan fingerprint density at radius 3 is 1.58 bits per heavy atom. The number of hydrogen-bond acceptors (Lipinski definition) is 10. The van der Waals surface area contributed by atoms with E-state index in [0.717, 1.165) is 5.56 Å². The summed E-state index contributed by atoms with van der Waals surface area (Å²) in [6.07, 6.45) is -2.39. The van der Waals surface area contributed by atoms with Crippen molar-refractivity contribution in [3.63, 3.8) is 0 Å². The highest BCUT2D eigenvalue weighted by Crippen LogP contribution is 2.23. The van der Waals surface area contributed by atoms with E-state index in [9.17, 15) is 39.3 Å². The molecule has 14 heteroatoms. The number of aliphatic hydroxyl groups is 1. The topological polar surface area (TPSA) is 213 Å². The van der Waals surface area contributed by atoms with Gasteiger partial charge in [-0.3, -0.25) is 14.4 Å². The van der Waals surface area contributed by atoms with Crippen LogP contribution in [0.1, 0.15) is 62.0 Å². The Morgan fingerprint density at radius 2 is 1.09 bits per heavy atom. The van der Waals surface area contributed by atoms with Crippen molar-refractivity contribution in [3.05, 3.63) is 131 Å². The lowest BCUT2D eigenvalue weighted by molar-refractivity contribution is -0.149. The summed E-state index contributed by atoms with van der Waals surface area (Å²) in [6.45, 7) is 6.13. The molecule has 0 bridgehead atoms. The van der Waals surface area contributed by atoms with Crippen LogP contribution in [0, 0.1) is 0 Å². The van der Waals surface area contributed by atoms with Gasteiger partial charge in [-0.1, -0.05) is 84.9 Å². The Hall–Kier alpha value is -6.41. The predicted octanol–water partition coefficient (Wildman–Crippen LogP) is 3.86. The Labute approximate surface area is 318 Å². The molecule has 4 amide bonds. The third kappa shape index (κ3) is 12.9. The molecule has 14 nitrogen and oxygen atoms in total. The van der Waals surface area contributed by atoms with E-state index in [1.165, 1.54) is 55.5 Å². The lowest BCUT2D eigenvalue weighted by atomic mass is 10.0. The third-order valence-corrected chi connectivity index (χ3v) is 8.10. The number of aliphatic hydroxyl groups excluding tert-OH is 1. The molecule has 4 aromatic rings. The number of amides is 4. The minimum Gasteiger partial charge on any atom is -0.508 e. The van der Waals surface area contributed by atoms with Gasteiger partial charge in [-0.15, -0.1) is 0 Å². The summed E-state index contributed by atoms with van der Waals surface area (Å²) < 4.78 is 10.9. The number of rotatable bonds is 15. The number of ether oxygens (including phenoxy) is 2. The molecule has 0 saturated carbocycles. The van der Waals surface area contributed by atoms with Gasteiger partial charge in [0, 0.05) is 6.42 Å². The van der Waals surface area contributed by atoms with E-state index in [1.54, 1.807) is 75.4 Å². The van der Waals surface area contributed by atoms with Crippen LogP contribution in [-0.2, 0) is 41.7 Å². The second-order valence-corrected chi connectivity index (χ2v) is 13.8. The van der Waals surface area contributed by atoms with Crippen LogP contribution in [0.4, 0.5) is 4.79 Å². The summed E-state index contributed by atoms with van der Waals surface area (Å²) in [4.78, 5) is 68.0. The summed E-state index contributed by atoms with van der Waals surface area (Å²) in [6, 6.07) is 22.8. The van der Waals surface area contributed by atoms with Crippen molar-refractivity contribution in [2.24, 2.45) is 0 Å². The molecule has 0 aliphatic carbocycles. The number of hydrogen-bond donors (Lipinski definition) is 7. The van der Waals surface area contributed by atoms with E-state index in [2.05, 4.69) is 21.3 Å². The number of carbonyl (C=O) groups excluding carboxylic acids is 5. The number of nitrogens with one attached hydrogen (secondary N) is 4. The fraction of sp³-hybridized carbons (Fsp3) is 0.293. The number of carbonyl (C=O) groups is 5. The summed E-state index contributed by atoms with van der Waals surface area (Å²) in [5.74, 6) is -3.72. The normalized spacial score (nSPS) is 13.8. The van der Waals surface area contributed by atoms with Gasteiger partial charge in [0.2, 0.25) is 17.7 Å². The Balaban J connectivity index is 1.59. The average Bonchev–Trinajstić information content (AvgIpc) is 3.14. The maximum Gasteiger partial charge on any atom is 0.408 e. The van der Waals surface area contributed by atoms with Gasteiger partial charge in [0.15, 0.2) is 0 Å². The van der Waals surface area contributed by atoms with Crippen molar-refractivity contribution in [2.45, 2.75) is 76.6 Å². The molecule has 0 aromatic heterocycles. The van der Waals surface area contributed by atoms with Gasteiger partial charge in [-0.05, 0) is 74.2 Å². The standard InChI is InChI=1S/C41H46N4O10/c1-25(46)33(36(49)42-32(23-26-11-7-5-8-12-26)39(52)54-24-27-13-9-6-10-14-27)43-37(50)34(28-15-19-30(47)20-16-28)44-38(51)35(29-17-21-31(48)22-18-29)45-40(53)55-41(2,3)4/h5-22,25,32-35,46-48H,23-24H2,1-4H3,(H,42,49)(H,43,50)(H,44,51)(H,45,53)/t25-,32-,33-,34+,35-/m0/s1. The van der Waals surface area contributed by atoms with Gasteiger partial charge < -0.3 is 46.1 Å². The molecule has 0 radical (unpaired) electrons. The van der Waals surface area contributed by atoms with Crippen LogP contribution in [0.25, 0.3) is 0 Å². The highest BCUT2D eigenvalue weighted by molar-refractivity contribution is 5.96. The molecular formula is C41H46N4O10. The molecule has 55 heavy (non-hydrogen) atoms. The number of phenols is 2. The minimum atomic E-state index is -1.63. The second-order valence-electron chi connectivity index (χ2n) is 13.8. The molecule has 0 aliphatic rings. The molecule has 0 spiro atoms. The first-order valence-electron chi connectivity index (χ1n) is 17.5.